The number of benzene rings is 3. The average molecular weight is 488 g/mol. The van der Waals surface area contributed by atoms with Crippen LogP contribution in [0.1, 0.15) is 11.1 Å². The summed E-state index contributed by atoms with van der Waals surface area (Å²) in [6.45, 7) is 2.08. The van der Waals surface area contributed by atoms with Crippen LogP contribution in [0.25, 0.3) is 16.3 Å². The Bertz CT molecular complexity index is 1340. The number of para-hydroxylation sites is 1. The minimum absolute atomic E-state index is 0.137. The minimum Gasteiger partial charge on any atom is -0.267 e. The number of amides is 1. The predicted octanol–water partition coefficient (Wildman–Crippen LogP) is 6.91. The maximum absolute atomic E-state index is 13.5. The van der Waals surface area contributed by atoms with Gasteiger partial charge in [-0.3, -0.25) is 4.79 Å². The second kappa shape index (κ2) is 9.55. The Labute approximate surface area is 205 Å². The molecule has 0 spiro atoms. The van der Waals surface area contributed by atoms with E-state index in [1.54, 1.807) is 23.5 Å². The molecule has 0 atom stereocenters. The first-order valence-corrected chi connectivity index (χ1v) is 13.5. The Hall–Kier alpha value is -2.87. The van der Waals surface area contributed by atoms with E-state index in [1.807, 2.05) is 42.5 Å². The van der Waals surface area contributed by atoms with Gasteiger partial charge in [-0.15, -0.1) is 23.5 Å². The van der Waals surface area contributed by atoms with Crippen molar-refractivity contribution >= 4 is 67.9 Å². The van der Waals surface area contributed by atoms with E-state index in [0.29, 0.717) is 16.5 Å². The molecule has 4 aromatic rings. The van der Waals surface area contributed by atoms with E-state index in [2.05, 4.69) is 54.6 Å². The van der Waals surface area contributed by atoms with Crippen molar-refractivity contribution < 1.29 is 4.79 Å². The van der Waals surface area contributed by atoms with Gasteiger partial charge in [0, 0.05) is 15.5 Å². The predicted molar refractivity (Wildman–Crippen MR) is 143 cm³/mol. The molecule has 7 heteroatoms. The highest BCUT2D eigenvalue weighted by Gasteiger charge is 2.33. The van der Waals surface area contributed by atoms with Gasteiger partial charge in [-0.05, 0) is 61.2 Å². The van der Waals surface area contributed by atoms with E-state index in [9.17, 15) is 4.79 Å². The summed E-state index contributed by atoms with van der Waals surface area (Å²) >= 11 is 4.86. The Morgan fingerprint density at radius 3 is 2.42 bits per heavy atom. The molecule has 1 aliphatic rings. The number of anilines is 1. The Kier molecular flexibility index (Phi) is 6.35. The maximum Gasteiger partial charge on any atom is 0.282 e. The molecule has 2 heterocycles. The number of thioether (sulfide) groups is 2. The fraction of sp³-hybridized carbons (Fsp3) is 0.115. The summed E-state index contributed by atoms with van der Waals surface area (Å²) in [5.41, 5.74) is 4.46. The highest BCUT2D eigenvalue weighted by Crippen LogP contribution is 2.34. The highest BCUT2D eigenvalue weighted by atomic mass is 32.2. The highest BCUT2D eigenvalue weighted by molar-refractivity contribution is 8.00. The summed E-state index contributed by atoms with van der Waals surface area (Å²) < 4.78 is 1.04. The van der Waals surface area contributed by atoms with Crippen molar-refractivity contribution in [2.24, 2.45) is 5.10 Å². The number of hydrogen-bond acceptors (Lipinski definition) is 6. The smallest absolute Gasteiger partial charge is 0.267 e. The van der Waals surface area contributed by atoms with Gasteiger partial charge in [0.25, 0.3) is 5.91 Å². The fourth-order valence-corrected chi connectivity index (χ4v) is 5.61. The summed E-state index contributed by atoms with van der Waals surface area (Å²) in [6.07, 6.45) is 3.99. The molecule has 164 valence electrons. The summed E-state index contributed by atoms with van der Waals surface area (Å²) in [7, 11) is 0. The van der Waals surface area contributed by atoms with Crippen molar-refractivity contribution in [3.8, 4) is 0 Å². The molecule has 1 aromatic heterocycles. The van der Waals surface area contributed by atoms with Gasteiger partial charge in [-0.2, -0.15) is 10.1 Å². The largest absolute Gasteiger partial charge is 0.282 e. The van der Waals surface area contributed by atoms with Gasteiger partial charge in [0.15, 0.2) is 0 Å². The standard InChI is InChI=1S/C26H21N3OS3/c1-17-7-11-20(12-8-17)32-16-23-21(15-18-9-13-19(31-2)14-10-18)25(30)29(28-23)26-27-22-5-3-4-6-24(22)33-26/h3-15H,16H2,1-2H3. The topological polar surface area (TPSA) is 45.6 Å². The molecule has 0 bridgehead atoms. The molecule has 0 radical (unpaired) electrons. The first-order chi connectivity index (χ1) is 16.1. The average Bonchev–Trinajstić information content (AvgIpc) is 3.40. The number of carbonyl (C=O) groups excluding carboxylic acids is 1. The zero-order chi connectivity index (χ0) is 22.8. The van der Waals surface area contributed by atoms with E-state index in [4.69, 9.17) is 5.10 Å². The summed E-state index contributed by atoms with van der Waals surface area (Å²) in [5, 5.41) is 6.79. The van der Waals surface area contributed by atoms with Gasteiger partial charge in [-0.1, -0.05) is 53.3 Å². The van der Waals surface area contributed by atoms with Gasteiger partial charge >= 0.3 is 0 Å². The summed E-state index contributed by atoms with van der Waals surface area (Å²) in [6, 6.07) is 24.5. The zero-order valence-electron chi connectivity index (χ0n) is 18.2. The molecule has 0 aliphatic carbocycles. The first kappa shape index (κ1) is 21.9. The second-order valence-corrected chi connectivity index (χ2v) is 10.5. The second-order valence-electron chi connectivity index (χ2n) is 7.56. The van der Waals surface area contributed by atoms with Gasteiger partial charge in [0.2, 0.25) is 5.13 Å². The van der Waals surface area contributed by atoms with Crippen LogP contribution in [0.3, 0.4) is 0 Å². The number of fused-ring (bicyclic) bond motifs is 1. The lowest BCUT2D eigenvalue weighted by atomic mass is 10.1. The minimum atomic E-state index is -0.137. The molecular weight excluding hydrogens is 467 g/mol. The Morgan fingerprint density at radius 1 is 0.970 bits per heavy atom. The van der Waals surface area contributed by atoms with Crippen LogP contribution in [-0.4, -0.2) is 28.6 Å². The lowest BCUT2D eigenvalue weighted by Gasteiger charge is -2.06. The van der Waals surface area contributed by atoms with Crippen molar-refractivity contribution in [1.82, 2.24) is 4.98 Å². The number of rotatable bonds is 6. The van der Waals surface area contributed by atoms with Crippen LogP contribution in [0, 0.1) is 6.92 Å². The number of nitrogens with zero attached hydrogens (tertiary/aromatic N) is 3. The van der Waals surface area contributed by atoms with E-state index in [0.717, 1.165) is 26.4 Å². The third-order valence-electron chi connectivity index (χ3n) is 5.24. The molecule has 0 saturated heterocycles. The molecule has 4 nitrogen and oxygen atoms in total. The van der Waals surface area contributed by atoms with Crippen molar-refractivity contribution in [3.05, 3.63) is 89.5 Å². The number of carbonyl (C=O) groups is 1. The van der Waals surface area contributed by atoms with Crippen LogP contribution in [0.2, 0.25) is 0 Å². The maximum atomic E-state index is 13.5. The number of thiazole rings is 1. The molecule has 1 aliphatic heterocycles. The van der Waals surface area contributed by atoms with Crippen molar-refractivity contribution in [2.45, 2.75) is 16.7 Å². The molecule has 5 rings (SSSR count). The Balaban J connectivity index is 1.49. The number of aryl methyl sites for hydroxylation is 1. The van der Waals surface area contributed by atoms with E-state index < -0.39 is 0 Å². The molecule has 0 unspecified atom stereocenters. The van der Waals surface area contributed by atoms with Crippen molar-refractivity contribution in [3.63, 3.8) is 0 Å². The molecule has 0 N–H and O–H groups in total. The monoisotopic (exact) mass is 487 g/mol. The SMILES string of the molecule is CSc1ccc(C=C2C(=O)N(c3nc4ccccc4s3)N=C2CSc2ccc(C)cc2)cc1. The van der Waals surface area contributed by atoms with Gasteiger partial charge in [0.05, 0.1) is 21.5 Å². The van der Waals surface area contributed by atoms with Crippen LogP contribution >= 0.6 is 34.9 Å². The molecule has 3 aromatic carbocycles. The number of hydrogen-bond donors (Lipinski definition) is 0. The summed E-state index contributed by atoms with van der Waals surface area (Å²) in [4.78, 5) is 20.5. The van der Waals surface area contributed by atoms with E-state index in [1.165, 1.54) is 26.8 Å². The third-order valence-corrected chi connectivity index (χ3v) is 8.02. The Morgan fingerprint density at radius 2 is 1.70 bits per heavy atom. The molecule has 1 amide bonds. The molecule has 0 fully saturated rings. The third kappa shape index (κ3) is 4.76. The first-order valence-electron chi connectivity index (χ1n) is 10.4. The van der Waals surface area contributed by atoms with Crippen LogP contribution in [0.15, 0.2) is 93.3 Å². The quantitative estimate of drug-likeness (QED) is 0.219. The van der Waals surface area contributed by atoms with Crippen LogP contribution in [-0.2, 0) is 4.79 Å². The van der Waals surface area contributed by atoms with E-state index >= 15 is 0 Å². The number of hydrazone groups is 1. The van der Waals surface area contributed by atoms with Crippen LogP contribution in [0.4, 0.5) is 5.13 Å². The van der Waals surface area contributed by atoms with Crippen molar-refractivity contribution in [2.75, 3.05) is 17.0 Å². The van der Waals surface area contributed by atoms with Gasteiger partial charge < -0.3 is 0 Å². The van der Waals surface area contributed by atoms with Crippen molar-refractivity contribution in [1.29, 1.82) is 0 Å². The molecule has 33 heavy (non-hydrogen) atoms. The lowest BCUT2D eigenvalue weighted by Crippen LogP contribution is -2.21. The van der Waals surface area contributed by atoms with Gasteiger partial charge in [0.1, 0.15) is 0 Å². The van der Waals surface area contributed by atoms with Gasteiger partial charge in [-0.25, -0.2) is 4.98 Å². The fourth-order valence-electron chi connectivity index (χ4n) is 3.44. The molecule has 0 saturated carbocycles. The normalized spacial score (nSPS) is 15.0. The van der Waals surface area contributed by atoms with E-state index in [-0.39, 0.29) is 5.91 Å². The lowest BCUT2D eigenvalue weighted by molar-refractivity contribution is -0.114. The zero-order valence-corrected chi connectivity index (χ0v) is 20.6. The number of aromatic nitrogens is 1. The summed E-state index contributed by atoms with van der Waals surface area (Å²) in [5.74, 6) is 0.466. The molecular formula is C26H21N3OS3. The van der Waals surface area contributed by atoms with Crippen LogP contribution in [0.5, 0.6) is 0 Å². The van der Waals surface area contributed by atoms with Crippen LogP contribution < -0.4 is 5.01 Å².